The third-order valence-corrected chi connectivity index (χ3v) is 2.72. The van der Waals surface area contributed by atoms with Crippen molar-refractivity contribution in [3.05, 3.63) is 29.3 Å². The molecule has 0 heterocycles. The van der Waals surface area contributed by atoms with Crippen LogP contribution in [0, 0.1) is 5.92 Å². The predicted molar refractivity (Wildman–Crippen MR) is 68.0 cm³/mol. The summed E-state index contributed by atoms with van der Waals surface area (Å²) in [7, 11) is 0. The molecular formula is C14H17F3O3. The Bertz CT molecular complexity index is 467. The minimum atomic E-state index is -4.64. The molecule has 0 aliphatic rings. The topological polar surface area (TPSA) is 46.5 Å². The first kappa shape index (κ1) is 16.3. The van der Waals surface area contributed by atoms with Gasteiger partial charge in [-0.25, -0.2) is 4.79 Å². The number of rotatable bonds is 6. The van der Waals surface area contributed by atoms with Gasteiger partial charge in [-0.15, -0.1) is 0 Å². The molecule has 6 heteroatoms. The van der Waals surface area contributed by atoms with Crippen molar-refractivity contribution in [2.75, 3.05) is 6.61 Å². The lowest BCUT2D eigenvalue weighted by molar-refractivity contribution is -0.139. The molecule has 0 saturated carbocycles. The van der Waals surface area contributed by atoms with Crippen LogP contribution in [0.1, 0.15) is 42.6 Å². The maximum Gasteiger partial charge on any atom is 0.419 e. The Morgan fingerprint density at radius 3 is 2.50 bits per heavy atom. The average molecular weight is 290 g/mol. The fraction of sp³-hybridized carbons (Fsp3) is 0.500. The molecule has 1 aromatic rings. The Hall–Kier alpha value is -1.72. The highest BCUT2D eigenvalue weighted by molar-refractivity contribution is 5.88. The second kappa shape index (κ2) is 6.63. The summed E-state index contributed by atoms with van der Waals surface area (Å²) in [5, 5.41) is 8.73. The van der Waals surface area contributed by atoms with Crippen LogP contribution in [0.25, 0.3) is 0 Å². The van der Waals surface area contributed by atoms with Crippen molar-refractivity contribution in [2.45, 2.75) is 32.9 Å². The lowest BCUT2D eigenvalue weighted by atomic mass is 10.1. The first-order chi connectivity index (χ1) is 9.21. The molecule has 0 saturated heterocycles. The van der Waals surface area contributed by atoms with E-state index in [0.717, 1.165) is 18.6 Å². The quantitative estimate of drug-likeness (QED) is 0.798. The highest BCUT2D eigenvalue weighted by Crippen LogP contribution is 2.37. The largest absolute Gasteiger partial charge is 0.493 e. The van der Waals surface area contributed by atoms with Crippen LogP contribution in [0.15, 0.2) is 18.2 Å². The number of carboxylic acid groups (broad SMARTS) is 1. The molecule has 112 valence electrons. The zero-order valence-corrected chi connectivity index (χ0v) is 11.3. The minimum Gasteiger partial charge on any atom is -0.493 e. The number of hydrogen-bond acceptors (Lipinski definition) is 2. The number of ether oxygens (including phenoxy) is 1. The van der Waals surface area contributed by atoms with E-state index in [4.69, 9.17) is 9.84 Å². The maximum atomic E-state index is 12.9. The minimum absolute atomic E-state index is 0.174. The van der Waals surface area contributed by atoms with Crippen molar-refractivity contribution in [3.8, 4) is 5.75 Å². The molecule has 1 aromatic carbocycles. The molecule has 0 bridgehead atoms. The van der Waals surface area contributed by atoms with Gasteiger partial charge in [0.1, 0.15) is 5.75 Å². The molecule has 0 aliphatic heterocycles. The number of benzene rings is 1. The van der Waals surface area contributed by atoms with Gasteiger partial charge in [0.2, 0.25) is 0 Å². The van der Waals surface area contributed by atoms with Gasteiger partial charge in [-0.2, -0.15) is 13.2 Å². The van der Waals surface area contributed by atoms with Crippen molar-refractivity contribution in [3.63, 3.8) is 0 Å². The van der Waals surface area contributed by atoms with Crippen LogP contribution in [0.4, 0.5) is 13.2 Å². The van der Waals surface area contributed by atoms with Crippen LogP contribution in [0.3, 0.4) is 0 Å². The Labute approximate surface area is 115 Å². The lowest BCUT2D eigenvalue weighted by Crippen LogP contribution is -2.11. The molecule has 0 fully saturated rings. The van der Waals surface area contributed by atoms with E-state index in [9.17, 15) is 18.0 Å². The summed E-state index contributed by atoms with van der Waals surface area (Å²) in [5.41, 5.74) is -1.46. The Morgan fingerprint density at radius 1 is 1.35 bits per heavy atom. The molecule has 0 unspecified atom stereocenters. The van der Waals surface area contributed by atoms with Crippen LogP contribution in [-0.4, -0.2) is 17.7 Å². The van der Waals surface area contributed by atoms with Crippen LogP contribution in [0.5, 0.6) is 5.75 Å². The van der Waals surface area contributed by atoms with E-state index < -0.39 is 23.3 Å². The highest BCUT2D eigenvalue weighted by Gasteiger charge is 2.35. The lowest BCUT2D eigenvalue weighted by Gasteiger charge is -2.15. The molecule has 3 nitrogen and oxygen atoms in total. The molecule has 0 aromatic heterocycles. The molecule has 0 amide bonds. The van der Waals surface area contributed by atoms with Crippen LogP contribution in [0.2, 0.25) is 0 Å². The van der Waals surface area contributed by atoms with Crippen LogP contribution < -0.4 is 4.74 Å². The van der Waals surface area contributed by atoms with E-state index in [1.54, 1.807) is 0 Å². The summed E-state index contributed by atoms with van der Waals surface area (Å²) in [5.74, 6) is -1.27. The van der Waals surface area contributed by atoms with Gasteiger partial charge in [0.15, 0.2) is 0 Å². The van der Waals surface area contributed by atoms with Gasteiger partial charge in [0, 0.05) is 0 Å². The Morgan fingerprint density at radius 2 is 2.00 bits per heavy atom. The number of carboxylic acids is 1. The Kier molecular flexibility index (Phi) is 5.42. The molecule has 0 atom stereocenters. The van der Waals surface area contributed by atoms with Crippen molar-refractivity contribution >= 4 is 5.97 Å². The SMILES string of the molecule is CC(C)CCCOc1ccc(C(=O)O)cc1C(F)(F)F. The molecular weight excluding hydrogens is 273 g/mol. The van der Waals surface area contributed by atoms with Gasteiger partial charge in [-0.3, -0.25) is 0 Å². The average Bonchev–Trinajstić information content (AvgIpc) is 2.33. The fourth-order valence-electron chi connectivity index (χ4n) is 1.68. The van der Waals surface area contributed by atoms with Crippen molar-refractivity contribution in [1.82, 2.24) is 0 Å². The van der Waals surface area contributed by atoms with Crippen LogP contribution >= 0.6 is 0 Å². The summed E-state index contributed by atoms with van der Waals surface area (Å²) in [6.07, 6.45) is -3.14. The number of alkyl halides is 3. The van der Waals surface area contributed by atoms with Crippen molar-refractivity contribution in [1.29, 1.82) is 0 Å². The molecule has 1 rings (SSSR count). The zero-order chi connectivity index (χ0) is 15.3. The molecule has 1 N–H and O–H groups in total. The van der Waals surface area contributed by atoms with E-state index in [-0.39, 0.29) is 12.4 Å². The number of aromatic carboxylic acids is 1. The normalized spacial score (nSPS) is 11.7. The first-order valence-electron chi connectivity index (χ1n) is 6.29. The molecule has 0 radical (unpaired) electrons. The van der Waals surface area contributed by atoms with Gasteiger partial charge < -0.3 is 9.84 Å². The van der Waals surface area contributed by atoms with Crippen molar-refractivity contribution in [2.24, 2.45) is 5.92 Å². The summed E-state index contributed by atoms with van der Waals surface area (Å²) >= 11 is 0. The van der Waals surface area contributed by atoms with Gasteiger partial charge in [-0.1, -0.05) is 13.8 Å². The standard InChI is InChI=1S/C14H17F3O3/c1-9(2)4-3-7-20-12-6-5-10(13(18)19)8-11(12)14(15,16)17/h5-6,8-9H,3-4,7H2,1-2H3,(H,18,19). The molecule has 0 spiro atoms. The zero-order valence-electron chi connectivity index (χ0n) is 11.3. The number of halogens is 3. The highest BCUT2D eigenvalue weighted by atomic mass is 19.4. The van der Waals surface area contributed by atoms with Gasteiger partial charge >= 0.3 is 12.1 Å². The van der Waals surface area contributed by atoms with E-state index in [1.165, 1.54) is 0 Å². The summed E-state index contributed by atoms with van der Waals surface area (Å²) in [6, 6.07) is 2.76. The monoisotopic (exact) mass is 290 g/mol. The smallest absolute Gasteiger partial charge is 0.419 e. The number of carbonyl (C=O) groups is 1. The van der Waals surface area contributed by atoms with Gasteiger partial charge in [0.05, 0.1) is 17.7 Å². The van der Waals surface area contributed by atoms with E-state index >= 15 is 0 Å². The summed E-state index contributed by atoms with van der Waals surface area (Å²) in [6.45, 7) is 4.21. The summed E-state index contributed by atoms with van der Waals surface area (Å²) in [4.78, 5) is 10.7. The third-order valence-electron chi connectivity index (χ3n) is 2.72. The fourth-order valence-corrected chi connectivity index (χ4v) is 1.68. The van der Waals surface area contributed by atoms with Gasteiger partial charge in [0.25, 0.3) is 0 Å². The second-order valence-corrected chi connectivity index (χ2v) is 4.90. The first-order valence-corrected chi connectivity index (χ1v) is 6.29. The predicted octanol–water partition coefficient (Wildman–Crippen LogP) is 4.22. The van der Waals surface area contributed by atoms with E-state index in [0.29, 0.717) is 18.4 Å². The molecule has 20 heavy (non-hydrogen) atoms. The Balaban J connectivity index is 2.87. The summed E-state index contributed by atoms with van der Waals surface area (Å²) < 4.78 is 43.7. The number of hydrogen-bond donors (Lipinski definition) is 1. The third kappa shape index (κ3) is 4.75. The van der Waals surface area contributed by atoms with Gasteiger partial charge in [-0.05, 0) is 37.0 Å². The maximum absolute atomic E-state index is 12.9. The van der Waals surface area contributed by atoms with E-state index in [2.05, 4.69) is 0 Å². The second-order valence-electron chi connectivity index (χ2n) is 4.90. The van der Waals surface area contributed by atoms with Crippen molar-refractivity contribution < 1.29 is 27.8 Å². The van der Waals surface area contributed by atoms with Crippen LogP contribution in [-0.2, 0) is 6.18 Å². The molecule has 0 aliphatic carbocycles. The van der Waals surface area contributed by atoms with E-state index in [1.807, 2.05) is 13.8 Å².